The number of imidazole rings is 1. The molecule has 3 heterocycles. The molecule has 5 rings (SSSR count). The van der Waals surface area contributed by atoms with E-state index in [1.807, 2.05) is 30.5 Å². The first-order valence-corrected chi connectivity index (χ1v) is 9.41. The highest BCUT2D eigenvalue weighted by Crippen LogP contribution is 2.28. The van der Waals surface area contributed by atoms with E-state index < -0.39 is 0 Å². The summed E-state index contributed by atoms with van der Waals surface area (Å²) in [7, 11) is 0. The predicted octanol–water partition coefficient (Wildman–Crippen LogP) is 3.38. The van der Waals surface area contributed by atoms with E-state index in [-0.39, 0.29) is 0 Å². The molecule has 0 unspecified atom stereocenters. The van der Waals surface area contributed by atoms with Gasteiger partial charge in [-0.2, -0.15) is 5.26 Å². The number of fused-ring (bicyclic) bond motifs is 3. The number of rotatable bonds is 2. The smallest absolute Gasteiger partial charge is 0.160 e. The molecule has 3 aromatic rings. The lowest BCUT2D eigenvalue weighted by atomic mass is 9.91. The van der Waals surface area contributed by atoms with Crippen molar-refractivity contribution in [3.63, 3.8) is 0 Å². The molecule has 0 amide bonds. The Labute approximate surface area is 152 Å². The fraction of sp³-hybridized carbons (Fsp3) is 0.381. The SMILES string of the molecule is N#Cc1ccc(-c2cnc3c(c2)nc2n3CCN(C3CCC3)CC2)cc1. The molecule has 0 saturated heterocycles. The lowest BCUT2D eigenvalue weighted by Gasteiger charge is -2.36. The Kier molecular flexibility index (Phi) is 3.72. The van der Waals surface area contributed by atoms with E-state index in [0.717, 1.165) is 60.2 Å². The number of aromatic nitrogens is 3. The molecular formula is C21H21N5. The second kappa shape index (κ2) is 6.22. The van der Waals surface area contributed by atoms with Gasteiger partial charge in [-0.3, -0.25) is 4.90 Å². The van der Waals surface area contributed by atoms with Crippen LogP contribution in [0.5, 0.6) is 0 Å². The molecule has 1 fully saturated rings. The highest BCUT2D eigenvalue weighted by atomic mass is 15.2. The van der Waals surface area contributed by atoms with Crippen LogP contribution in [0.2, 0.25) is 0 Å². The van der Waals surface area contributed by atoms with Crippen molar-refractivity contribution in [2.75, 3.05) is 13.1 Å². The van der Waals surface area contributed by atoms with Gasteiger partial charge in [-0.25, -0.2) is 9.97 Å². The van der Waals surface area contributed by atoms with E-state index in [4.69, 9.17) is 15.2 Å². The van der Waals surface area contributed by atoms with Crippen molar-refractivity contribution in [3.05, 3.63) is 47.9 Å². The zero-order chi connectivity index (χ0) is 17.5. The maximum Gasteiger partial charge on any atom is 0.160 e. The van der Waals surface area contributed by atoms with Crippen molar-refractivity contribution in [1.82, 2.24) is 19.4 Å². The fourth-order valence-electron chi connectivity index (χ4n) is 4.08. The Morgan fingerprint density at radius 3 is 2.62 bits per heavy atom. The van der Waals surface area contributed by atoms with Gasteiger partial charge in [0.15, 0.2) is 5.65 Å². The van der Waals surface area contributed by atoms with Crippen molar-refractivity contribution in [2.45, 2.75) is 38.3 Å². The third-order valence-corrected chi connectivity index (χ3v) is 5.84. The molecule has 0 N–H and O–H groups in total. The maximum atomic E-state index is 8.95. The van der Waals surface area contributed by atoms with Crippen molar-refractivity contribution >= 4 is 11.2 Å². The van der Waals surface area contributed by atoms with Crippen LogP contribution >= 0.6 is 0 Å². The van der Waals surface area contributed by atoms with Crippen molar-refractivity contribution in [1.29, 1.82) is 5.26 Å². The van der Waals surface area contributed by atoms with E-state index >= 15 is 0 Å². The normalized spacial score (nSPS) is 18.1. The van der Waals surface area contributed by atoms with Crippen molar-refractivity contribution < 1.29 is 0 Å². The maximum absolute atomic E-state index is 8.95. The van der Waals surface area contributed by atoms with E-state index in [9.17, 15) is 0 Å². The first kappa shape index (κ1) is 15.5. The Hall–Kier alpha value is -2.71. The molecule has 5 heteroatoms. The summed E-state index contributed by atoms with van der Waals surface area (Å²) in [6.45, 7) is 3.18. The average Bonchev–Trinajstić information content (AvgIpc) is 2.86. The molecule has 2 aliphatic rings. The summed E-state index contributed by atoms with van der Waals surface area (Å²) in [5, 5.41) is 8.95. The summed E-state index contributed by atoms with van der Waals surface area (Å²) in [5.41, 5.74) is 4.75. The van der Waals surface area contributed by atoms with E-state index in [2.05, 4.69) is 21.6 Å². The van der Waals surface area contributed by atoms with Gasteiger partial charge >= 0.3 is 0 Å². The number of pyridine rings is 1. The molecule has 1 saturated carbocycles. The zero-order valence-corrected chi connectivity index (χ0v) is 14.7. The van der Waals surface area contributed by atoms with Gasteiger partial charge in [0.2, 0.25) is 0 Å². The summed E-state index contributed by atoms with van der Waals surface area (Å²) < 4.78 is 2.30. The van der Waals surface area contributed by atoms with Gasteiger partial charge in [0.1, 0.15) is 11.3 Å². The van der Waals surface area contributed by atoms with Crippen LogP contribution in [0, 0.1) is 11.3 Å². The van der Waals surface area contributed by atoms with Gasteiger partial charge in [0.25, 0.3) is 0 Å². The summed E-state index contributed by atoms with van der Waals surface area (Å²) >= 11 is 0. The quantitative estimate of drug-likeness (QED) is 0.716. The van der Waals surface area contributed by atoms with E-state index in [1.54, 1.807) is 0 Å². The highest BCUT2D eigenvalue weighted by Gasteiger charge is 2.27. The predicted molar refractivity (Wildman–Crippen MR) is 101 cm³/mol. The molecule has 0 radical (unpaired) electrons. The molecule has 0 atom stereocenters. The molecule has 0 spiro atoms. The molecule has 1 aromatic carbocycles. The number of hydrogen-bond acceptors (Lipinski definition) is 4. The molecule has 0 bridgehead atoms. The van der Waals surface area contributed by atoms with Crippen LogP contribution in [0.15, 0.2) is 36.5 Å². The molecular weight excluding hydrogens is 322 g/mol. The molecule has 1 aliphatic heterocycles. The molecule has 1 aliphatic carbocycles. The van der Waals surface area contributed by atoms with Crippen LogP contribution in [-0.4, -0.2) is 38.6 Å². The van der Waals surface area contributed by atoms with Gasteiger partial charge in [-0.05, 0) is 36.6 Å². The van der Waals surface area contributed by atoms with Gasteiger partial charge < -0.3 is 4.57 Å². The Balaban J connectivity index is 1.45. The van der Waals surface area contributed by atoms with Crippen LogP contribution in [0.4, 0.5) is 0 Å². The monoisotopic (exact) mass is 343 g/mol. The summed E-state index contributed by atoms with van der Waals surface area (Å²) in [5.74, 6) is 1.16. The number of nitrogens with zero attached hydrogens (tertiary/aromatic N) is 5. The summed E-state index contributed by atoms with van der Waals surface area (Å²) in [6.07, 6.45) is 7.02. The van der Waals surface area contributed by atoms with Gasteiger partial charge in [-0.15, -0.1) is 0 Å². The number of hydrogen-bond donors (Lipinski definition) is 0. The van der Waals surface area contributed by atoms with Crippen molar-refractivity contribution in [2.24, 2.45) is 0 Å². The van der Waals surface area contributed by atoms with E-state index in [1.165, 1.54) is 19.3 Å². The first-order valence-electron chi connectivity index (χ1n) is 9.41. The minimum absolute atomic E-state index is 0.674. The number of nitriles is 1. The highest BCUT2D eigenvalue weighted by molar-refractivity contribution is 5.79. The second-order valence-corrected chi connectivity index (χ2v) is 7.31. The standard InChI is InChI=1S/C21H21N5/c22-13-15-4-6-16(7-5-15)17-12-19-21(23-14-17)26-11-10-25(18-2-1-3-18)9-8-20(26)24-19/h4-7,12,14,18H,1-3,8-11H2. The van der Waals surface area contributed by atoms with Crippen molar-refractivity contribution in [3.8, 4) is 17.2 Å². The first-order chi connectivity index (χ1) is 12.8. The molecule has 2 aromatic heterocycles. The zero-order valence-electron chi connectivity index (χ0n) is 14.7. The largest absolute Gasteiger partial charge is 0.311 e. The Bertz CT molecular complexity index is 992. The van der Waals surface area contributed by atoms with Gasteiger partial charge in [0.05, 0.1) is 11.6 Å². The minimum atomic E-state index is 0.674. The Morgan fingerprint density at radius 1 is 1.04 bits per heavy atom. The van der Waals surface area contributed by atoms with Crippen LogP contribution in [0.3, 0.4) is 0 Å². The third kappa shape index (κ3) is 2.58. The van der Waals surface area contributed by atoms with Gasteiger partial charge in [0, 0.05) is 43.9 Å². The summed E-state index contributed by atoms with van der Waals surface area (Å²) in [4.78, 5) is 12.3. The van der Waals surface area contributed by atoms with Crippen LogP contribution in [0.1, 0.15) is 30.7 Å². The lowest BCUT2D eigenvalue weighted by molar-refractivity contribution is 0.130. The van der Waals surface area contributed by atoms with Crippen LogP contribution < -0.4 is 0 Å². The lowest BCUT2D eigenvalue weighted by Crippen LogP contribution is -2.41. The molecule has 5 nitrogen and oxygen atoms in total. The fourth-order valence-corrected chi connectivity index (χ4v) is 4.08. The Morgan fingerprint density at radius 2 is 1.88 bits per heavy atom. The third-order valence-electron chi connectivity index (χ3n) is 5.84. The van der Waals surface area contributed by atoms with Crippen LogP contribution in [-0.2, 0) is 13.0 Å². The molecule has 130 valence electrons. The number of benzene rings is 1. The van der Waals surface area contributed by atoms with Gasteiger partial charge in [-0.1, -0.05) is 18.6 Å². The second-order valence-electron chi connectivity index (χ2n) is 7.31. The van der Waals surface area contributed by atoms with E-state index in [0.29, 0.717) is 5.56 Å². The summed E-state index contributed by atoms with van der Waals surface area (Å²) in [6, 6.07) is 12.7. The minimum Gasteiger partial charge on any atom is -0.311 e. The average molecular weight is 343 g/mol. The topological polar surface area (TPSA) is 57.7 Å². The van der Waals surface area contributed by atoms with Crippen LogP contribution in [0.25, 0.3) is 22.3 Å². The molecule has 26 heavy (non-hydrogen) atoms.